The molecule has 1 atom stereocenters. The van der Waals surface area contributed by atoms with Gasteiger partial charge in [0.1, 0.15) is 0 Å². The molecule has 0 radical (unpaired) electrons. The minimum Gasteiger partial charge on any atom is -0.141 e. The molecule has 0 saturated heterocycles. The van der Waals surface area contributed by atoms with Crippen molar-refractivity contribution in [2.75, 3.05) is 12.5 Å². The summed E-state index contributed by atoms with van der Waals surface area (Å²) in [6.07, 6.45) is 0. The maximum Gasteiger partial charge on any atom is 0.0195 e. The van der Waals surface area contributed by atoms with Gasteiger partial charge in [0.05, 0.1) is 0 Å². The lowest BCUT2D eigenvalue weighted by Gasteiger charge is -1.45. The molecular formula is C3H10ClP. The lowest BCUT2D eigenvalue weighted by molar-refractivity contribution is 1.51. The Bertz CT molecular complexity index is 6.85. The van der Waals surface area contributed by atoms with Crippen molar-refractivity contribution in [3.05, 3.63) is 0 Å². The highest BCUT2D eigenvalue weighted by molar-refractivity contribution is 7.15. The Morgan fingerprint density at radius 1 is 1.60 bits per heavy atom. The molecule has 34 valence electrons. The molecule has 0 N–H and O–H groups in total. The molecule has 0 amide bonds. The zero-order chi connectivity index (χ0) is 4.71. The average molecular weight is 113 g/mol. The molecule has 0 aliphatic carbocycles. The van der Waals surface area contributed by atoms with E-state index in [1.807, 2.05) is 13.6 Å². The molecular weight excluding hydrogens is 102 g/mol. The Morgan fingerprint density at radius 2 is 1.60 bits per heavy atom. The summed E-state index contributed by atoms with van der Waals surface area (Å²) in [6, 6.07) is 0. The molecule has 0 saturated carbocycles. The third-order valence-corrected chi connectivity index (χ3v) is 0. The third-order valence-electron chi connectivity index (χ3n) is 0. The van der Waals surface area contributed by atoms with Crippen molar-refractivity contribution < 1.29 is 0 Å². The van der Waals surface area contributed by atoms with E-state index in [4.69, 9.17) is 11.6 Å². The molecule has 2 heteroatoms. The average Bonchev–Trinajstić information content (AvgIpc) is 1.46. The van der Waals surface area contributed by atoms with Crippen molar-refractivity contribution in [3.8, 4) is 0 Å². The van der Waals surface area contributed by atoms with Crippen molar-refractivity contribution in [2.24, 2.45) is 0 Å². The molecule has 0 aliphatic rings. The summed E-state index contributed by atoms with van der Waals surface area (Å²) in [5.41, 5.74) is 0. The molecule has 0 aromatic carbocycles. The monoisotopic (exact) mass is 112 g/mol. The minimum atomic E-state index is 0.722. The first-order valence-corrected chi connectivity index (χ1v) is 3.24. The van der Waals surface area contributed by atoms with Crippen LogP contribution in [-0.4, -0.2) is 12.5 Å². The number of hydrogen-bond acceptors (Lipinski definition) is 0. The van der Waals surface area contributed by atoms with Crippen LogP contribution in [0.5, 0.6) is 0 Å². The van der Waals surface area contributed by atoms with Gasteiger partial charge in [0.25, 0.3) is 0 Å². The van der Waals surface area contributed by atoms with Gasteiger partial charge >= 0.3 is 0 Å². The summed E-state index contributed by atoms with van der Waals surface area (Å²) in [6.45, 7) is 3.81. The predicted octanol–water partition coefficient (Wildman–Crippen LogP) is 1.74. The second-order valence-electron chi connectivity index (χ2n) is 0.267. The highest BCUT2D eigenvalue weighted by atomic mass is 35.5. The van der Waals surface area contributed by atoms with Crippen LogP contribution in [0.2, 0.25) is 0 Å². The fraction of sp³-hybridized carbons (Fsp3) is 1.00. The molecule has 1 unspecified atom stereocenters. The number of alkyl halides is 1. The molecule has 0 heterocycles. The largest absolute Gasteiger partial charge is 0.141 e. The second kappa shape index (κ2) is 22.1. The molecule has 5 heavy (non-hydrogen) atoms. The van der Waals surface area contributed by atoms with Gasteiger partial charge in [-0.1, -0.05) is 13.6 Å². The molecule has 0 rings (SSSR count). The van der Waals surface area contributed by atoms with Crippen LogP contribution in [0.3, 0.4) is 0 Å². The van der Waals surface area contributed by atoms with Crippen LogP contribution in [-0.2, 0) is 0 Å². The normalized spacial score (nSPS) is 4.80. The van der Waals surface area contributed by atoms with Gasteiger partial charge in [-0.2, -0.15) is 0 Å². The van der Waals surface area contributed by atoms with E-state index in [2.05, 4.69) is 9.24 Å². The predicted molar refractivity (Wildman–Crippen MR) is 32.0 cm³/mol. The molecule has 0 aliphatic heterocycles. The number of halogens is 1. The fourth-order valence-corrected chi connectivity index (χ4v) is 0. The van der Waals surface area contributed by atoms with E-state index in [0.29, 0.717) is 0 Å². The second-order valence-corrected chi connectivity index (χ2v) is 0.802. The van der Waals surface area contributed by atoms with E-state index in [1.54, 1.807) is 0 Å². The summed E-state index contributed by atoms with van der Waals surface area (Å²) in [7, 11) is 2.42. The fourth-order valence-electron chi connectivity index (χ4n) is 0. The zero-order valence-corrected chi connectivity index (χ0v) is 5.57. The van der Waals surface area contributed by atoms with Gasteiger partial charge in [-0.3, -0.25) is 0 Å². The summed E-state index contributed by atoms with van der Waals surface area (Å²) in [4.78, 5) is 0. The van der Waals surface area contributed by atoms with Crippen LogP contribution in [0.15, 0.2) is 0 Å². The molecule has 0 aromatic heterocycles. The van der Waals surface area contributed by atoms with Gasteiger partial charge < -0.3 is 0 Å². The van der Waals surface area contributed by atoms with Crippen molar-refractivity contribution in [2.45, 2.75) is 6.92 Å². The maximum atomic E-state index is 5.00. The third kappa shape index (κ3) is 67.4. The Hall–Kier alpha value is 0.720. The maximum absolute atomic E-state index is 5.00. The molecule has 0 fully saturated rings. The first kappa shape index (κ1) is 9.21. The summed E-state index contributed by atoms with van der Waals surface area (Å²) < 4.78 is 0. The first-order chi connectivity index (χ1) is 2.41. The minimum absolute atomic E-state index is 0.722. The van der Waals surface area contributed by atoms with Crippen molar-refractivity contribution >= 4 is 20.8 Å². The van der Waals surface area contributed by atoms with Crippen LogP contribution in [0.1, 0.15) is 6.92 Å². The van der Waals surface area contributed by atoms with E-state index in [-0.39, 0.29) is 0 Å². The van der Waals surface area contributed by atoms with Gasteiger partial charge in [0, 0.05) is 5.88 Å². The van der Waals surface area contributed by atoms with Gasteiger partial charge in [-0.25, -0.2) is 0 Å². The van der Waals surface area contributed by atoms with Crippen molar-refractivity contribution in [1.82, 2.24) is 0 Å². The van der Waals surface area contributed by atoms with Crippen molar-refractivity contribution in [1.29, 1.82) is 0 Å². The first-order valence-electron chi connectivity index (χ1n) is 1.55. The van der Waals surface area contributed by atoms with Crippen LogP contribution >= 0.6 is 20.8 Å². The lowest BCUT2D eigenvalue weighted by Crippen LogP contribution is -1.36. The van der Waals surface area contributed by atoms with Gasteiger partial charge in [0.2, 0.25) is 0 Å². The van der Waals surface area contributed by atoms with E-state index in [1.165, 1.54) is 0 Å². The quantitative estimate of drug-likeness (QED) is 0.331. The Labute approximate surface area is 41.1 Å². The summed E-state index contributed by atoms with van der Waals surface area (Å²) in [5.74, 6) is 0.722. The van der Waals surface area contributed by atoms with Gasteiger partial charge in [-0.15, -0.1) is 20.8 Å². The van der Waals surface area contributed by atoms with Crippen LogP contribution < -0.4 is 0 Å². The highest BCUT2D eigenvalue weighted by Gasteiger charge is 1.38. The Morgan fingerprint density at radius 3 is 1.60 bits per heavy atom. The van der Waals surface area contributed by atoms with Gasteiger partial charge in [0.15, 0.2) is 0 Å². The summed E-state index contributed by atoms with van der Waals surface area (Å²) >= 11 is 5.00. The van der Waals surface area contributed by atoms with Crippen LogP contribution in [0, 0.1) is 0 Å². The lowest BCUT2D eigenvalue weighted by atomic mass is 11.0. The van der Waals surface area contributed by atoms with E-state index in [0.717, 1.165) is 5.88 Å². The topological polar surface area (TPSA) is 0 Å². The van der Waals surface area contributed by atoms with Crippen LogP contribution in [0.25, 0.3) is 0 Å². The smallest absolute Gasteiger partial charge is 0.0195 e. The van der Waals surface area contributed by atoms with E-state index >= 15 is 0 Å². The standard InChI is InChI=1S/C2H5Cl.CH5P/c1-2-3;1-2/h2H2,1H3;2H2,1H3. The Balaban J connectivity index is 0. The molecule has 0 spiro atoms. The Kier molecular flexibility index (Phi) is 40.7. The molecule has 0 nitrogen and oxygen atoms in total. The highest BCUT2D eigenvalue weighted by Crippen LogP contribution is 1.59. The van der Waals surface area contributed by atoms with E-state index < -0.39 is 0 Å². The summed E-state index contributed by atoms with van der Waals surface area (Å²) in [5, 5.41) is 0. The van der Waals surface area contributed by atoms with Gasteiger partial charge in [-0.05, 0) is 0 Å². The number of hydrogen-bond donors (Lipinski definition) is 0. The number of rotatable bonds is 0. The SMILES string of the molecule is CCCl.CP. The molecule has 0 aromatic rings. The van der Waals surface area contributed by atoms with Crippen molar-refractivity contribution in [3.63, 3.8) is 0 Å². The molecule has 0 bridgehead atoms. The van der Waals surface area contributed by atoms with E-state index in [9.17, 15) is 0 Å². The zero-order valence-electron chi connectivity index (χ0n) is 3.66. The van der Waals surface area contributed by atoms with Crippen LogP contribution in [0.4, 0.5) is 0 Å².